The van der Waals surface area contributed by atoms with Crippen LogP contribution >= 0.6 is 0 Å². The average molecular weight is 388 g/mol. The van der Waals surface area contributed by atoms with Crippen LogP contribution in [0, 0.1) is 0 Å². The van der Waals surface area contributed by atoms with Crippen molar-refractivity contribution in [1.82, 2.24) is 9.55 Å². The number of hydrogen-bond donors (Lipinski definition) is 0. The van der Waals surface area contributed by atoms with Gasteiger partial charge in [0.2, 0.25) is 0 Å². The molecule has 0 fully saturated rings. The number of nitrogens with zero attached hydrogens (tertiary/aromatic N) is 2. The van der Waals surface area contributed by atoms with Crippen molar-refractivity contribution in [3.05, 3.63) is 143 Å². The minimum atomic E-state index is -0.176. The summed E-state index contributed by atoms with van der Waals surface area (Å²) in [6.45, 7) is 0. The summed E-state index contributed by atoms with van der Waals surface area (Å²) in [5, 5.41) is 0.616. The van der Waals surface area contributed by atoms with Crippen molar-refractivity contribution < 1.29 is 0 Å². The molecule has 3 nitrogen and oxygen atoms in total. The van der Waals surface area contributed by atoms with E-state index in [2.05, 4.69) is 24.3 Å². The molecule has 5 aromatic rings. The van der Waals surface area contributed by atoms with E-state index < -0.39 is 0 Å². The highest BCUT2D eigenvalue weighted by molar-refractivity contribution is 5.78. The highest BCUT2D eigenvalue weighted by Crippen LogP contribution is 2.32. The first-order valence-corrected chi connectivity index (χ1v) is 10.00. The van der Waals surface area contributed by atoms with Gasteiger partial charge in [0, 0.05) is 0 Å². The fraction of sp³-hybridized carbons (Fsp3) is 0.0370. The minimum Gasteiger partial charge on any atom is -0.268 e. The molecule has 3 heteroatoms. The minimum absolute atomic E-state index is 0.0568. The van der Waals surface area contributed by atoms with Crippen LogP contribution < -0.4 is 5.56 Å². The molecule has 0 N–H and O–H groups in total. The van der Waals surface area contributed by atoms with Gasteiger partial charge in [-0.15, -0.1) is 0 Å². The Kier molecular flexibility index (Phi) is 4.70. The first kappa shape index (κ1) is 18.1. The van der Waals surface area contributed by atoms with E-state index >= 15 is 0 Å². The molecule has 144 valence electrons. The number of rotatable bonds is 4. The summed E-state index contributed by atoms with van der Waals surface area (Å²) in [7, 11) is 0. The standard InChI is InChI=1S/C27H20N2O/c30-27-23-18-10-11-19-24(23)28-26(29(27)22-16-8-3-9-17-22)25(20-12-4-1-5-13-20)21-14-6-2-7-15-21/h1-19,25H. The third-order valence-corrected chi connectivity index (χ3v) is 5.34. The average Bonchev–Trinajstić information content (AvgIpc) is 2.81. The van der Waals surface area contributed by atoms with E-state index in [1.165, 1.54) is 0 Å². The van der Waals surface area contributed by atoms with Crippen LogP contribution in [0.1, 0.15) is 22.9 Å². The quantitative estimate of drug-likeness (QED) is 0.404. The van der Waals surface area contributed by atoms with Crippen LogP contribution in [0.3, 0.4) is 0 Å². The monoisotopic (exact) mass is 388 g/mol. The van der Waals surface area contributed by atoms with Gasteiger partial charge < -0.3 is 0 Å². The van der Waals surface area contributed by atoms with Gasteiger partial charge in [-0.1, -0.05) is 91.0 Å². The Morgan fingerprint density at radius 2 is 1.10 bits per heavy atom. The van der Waals surface area contributed by atoms with Gasteiger partial charge in [0.15, 0.2) is 0 Å². The second-order valence-electron chi connectivity index (χ2n) is 7.22. The maximum absolute atomic E-state index is 13.6. The molecule has 0 bridgehead atoms. The van der Waals surface area contributed by atoms with Crippen LogP contribution in [0.4, 0.5) is 0 Å². The number of hydrogen-bond acceptors (Lipinski definition) is 2. The molecule has 0 saturated heterocycles. The van der Waals surface area contributed by atoms with Crippen LogP contribution in [0.15, 0.2) is 120 Å². The maximum atomic E-state index is 13.6. The Balaban J connectivity index is 1.89. The summed E-state index contributed by atoms with van der Waals surface area (Å²) in [6.07, 6.45) is 0. The Morgan fingerprint density at radius 3 is 1.70 bits per heavy atom. The summed E-state index contributed by atoms with van der Waals surface area (Å²) in [6, 6.07) is 37.8. The molecular weight excluding hydrogens is 368 g/mol. The van der Waals surface area contributed by atoms with E-state index in [1.54, 1.807) is 4.57 Å². The van der Waals surface area contributed by atoms with Crippen molar-refractivity contribution in [2.24, 2.45) is 0 Å². The zero-order valence-corrected chi connectivity index (χ0v) is 16.3. The summed E-state index contributed by atoms with van der Waals surface area (Å²) in [5.41, 5.74) is 3.65. The summed E-state index contributed by atoms with van der Waals surface area (Å²) >= 11 is 0. The fourth-order valence-electron chi connectivity index (χ4n) is 3.95. The molecule has 0 atom stereocenters. The van der Waals surface area contributed by atoms with Crippen LogP contribution in [0.2, 0.25) is 0 Å². The Morgan fingerprint density at radius 1 is 0.600 bits per heavy atom. The number of fused-ring (bicyclic) bond motifs is 1. The third kappa shape index (κ3) is 3.20. The molecule has 1 heterocycles. The summed E-state index contributed by atoms with van der Waals surface area (Å²) in [4.78, 5) is 18.7. The van der Waals surface area contributed by atoms with Gasteiger partial charge in [0.25, 0.3) is 5.56 Å². The van der Waals surface area contributed by atoms with Crippen molar-refractivity contribution in [3.8, 4) is 5.69 Å². The highest BCUT2D eigenvalue weighted by atomic mass is 16.1. The molecular formula is C27H20N2O. The van der Waals surface area contributed by atoms with E-state index in [4.69, 9.17) is 4.98 Å². The number of benzene rings is 4. The predicted octanol–water partition coefficient (Wildman–Crippen LogP) is 5.57. The molecule has 0 radical (unpaired) electrons. The molecule has 0 amide bonds. The van der Waals surface area contributed by atoms with Crippen molar-refractivity contribution in [3.63, 3.8) is 0 Å². The van der Waals surface area contributed by atoms with Crippen molar-refractivity contribution in [2.75, 3.05) is 0 Å². The lowest BCUT2D eigenvalue weighted by Crippen LogP contribution is -2.26. The van der Waals surface area contributed by atoms with Gasteiger partial charge in [-0.2, -0.15) is 0 Å². The SMILES string of the molecule is O=c1c2ccccc2nc(C(c2ccccc2)c2ccccc2)n1-c1ccccc1. The lowest BCUT2D eigenvalue weighted by molar-refractivity contribution is 0.781. The zero-order chi connectivity index (χ0) is 20.3. The Hall–Kier alpha value is -3.98. The second-order valence-corrected chi connectivity index (χ2v) is 7.22. The summed E-state index contributed by atoms with van der Waals surface area (Å²) < 4.78 is 1.76. The molecule has 0 aliphatic carbocycles. The van der Waals surface area contributed by atoms with E-state index in [0.717, 1.165) is 16.8 Å². The largest absolute Gasteiger partial charge is 0.268 e. The lowest BCUT2D eigenvalue weighted by atomic mass is 9.90. The second kappa shape index (κ2) is 7.80. The normalized spacial score (nSPS) is 11.1. The molecule has 0 unspecified atom stereocenters. The molecule has 30 heavy (non-hydrogen) atoms. The molecule has 0 aliphatic heterocycles. The van der Waals surface area contributed by atoms with Gasteiger partial charge in [0.1, 0.15) is 5.82 Å². The Bertz CT molecular complexity index is 1300. The highest BCUT2D eigenvalue weighted by Gasteiger charge is 2.24. The first-order chi connectivity index (χ1) is 14.8. The molecule has 0 saturated carbocycles. The molecule has 5 rings (SSSR count). The smallest absolute Gasteiger partial charge is 0.265 e. The van der Waals surface area contributed by atoms with Gasteiger partial charge in [0.05, 0.1) is 22.5 Å². The van der Waals surface area contributed by atoms with E-state index in [1.807, 2.05) is 91.0 Å². The lowest BCUT2D eigenvalue weighted by Gasteiger charge is -2.22. The molecule has 4 aromatic carbocycles. The predicted molar refractivity (Wildman–Crippen MR) is 121 cm³/mol. The van der Waals surface area contributed by atoms with E-state index in [-0.39, 0.29) is 11.5 Å². The number of aromatic nitrogens is 2. The molecule has 1 aromatic heterocycles. The number of para-hydroxylation sites is 2. The Labute approximate surface area is 174 Å². The van der Waals surface area contributed by atoms with Crippen LogP contribution in [-0.2, 0) is 0 Å². The van der Waals surface area contributed by atoms with Gasteiger partial charge in [-0.05, 0) is 35.4 Å². The van der Waals surface area contributed by atoms with Gasteiger partial charge in [-0.25, -0.2) is 4.98 Å². The first-order valence-electron chi connectivity index (χ1n) is 10.00. The fourth-order valence-corrected chi connectivity index (χ4v) is 3.95. The molecule has 0 spiro atoms. The van der Waals surface area contributed by atoms with E-state index in [0.29, 0.717) is 16.7 Å². The van der Waals surface area contributed by atoms with Crippen molar-refractivity contribution >= 4 is 10.9 Å². The topological polar surface area (TPSA) is 34.9 Å². The van der Waals surface area contributed by atoms with Crippen LogP contribution in [0.5, 0.6) is 0 Å². The van der Waals surface area contributed by atoms with Crippen LogP contribution in [-0.4, -0.2) is 9.55 Å². The summed E-state index contributed by atoms with van der Waals surface area (Å²) in [5.74, 6) is 0.534. The van der Waals surface area contributed by atoms with Gasteiger partial charge >= 0.3 is 0 Å². The van der Waals surface area contributed by atoms with Gasteiger partial charge in [-0.3, -0.25) is 9.36 Å². The maximum Gasteiger partial charge on any atom is 0.265 e. The zero-order valence-electron chi connectivity index (χ0n) is 16.3. The third-order valence-electron chi connectivity index (χ3n) is 5.34. The molecule has 0 aliphatic rings. The van der Waals surface area contributed by atoms with Crippen molar-refractivity contribution in [1.29, 1.82) is 0 Å². The van der Waals surface area contributed by atoms with Crippen LogP contribution in [0.25, 0.3) is 16.6 Å². The van der Waals surface area contributed by atoms with E-state index in [9.17, 15) is 4.79 Å². The van der Waals surface area contributed by atoms with Crippen molar-refractivity contribution in [2.45, 2.75) is 5.92 Å².